The molecule has 1 atom stereocenters. The molecule has 0 aromatic carbocycles. The van der Waals surface area contributed by atoms with Crippen LogP contribution in [0.4, 0.5) is 0 Å². The summed E-state index contributed by atoms with van der Waals surface area (Å²) >= 11 is 0. The molecule has 0 amide bonds. The first-order chi connectivity index (χ1) is 7.59. The number of hydrogen-bond acceptors (Lipinski definition) is 3. The molecular formula is C13H25N3. The molecule has 1 saturated carbocycles. The molecular weight excluding hydrogens is 198 g/mol. The molecule has 0 aliphatic heterocycles. The molecule has 3 nitrogen and oxygen atoms in total. The van der Waals surface area contributed by atoms with Gasteiger partial charge in [0.2, 0.25) is 0 Å². The Labute approximate surface area is 99.8 Å². The smallest absolute Gasteiger partial charge is 0.103 e. The average Bonchev–Trinajstić information content (AvgIpc) is 2.23. The topological polar surface area (TPSA) is 39.1 Å². The second-order valence-electron chi connectivity index (χ2n) is 5.36. The zero-order valence-electron chi connectivity index (χ0n) is 10.9. The van der Waals surface area contributed by atoms with Crippen LogP contribution in [0.2, 0.25) is 0 Å². The molecule has 0 aromatic heterocycles. The van der Waals surface area contributed by atoms with Crippen molar-refractivity contribution in [3.63, 3.8) is 0 Å². The van der Waals surface area contributed by atoms with Crippen molar-refractivity contribution in [2.24, 2.45) is 5.92 Å². The second-order valence-corrected chi connectivity index (χ2v) is 5.36. The van der Waals surface area contributed by atoms with Gasteiger partial charge in [-0.1, -0.05) is 6.42 Å². The summed E-state index contributed by atoms with van der Waals surface area (Å²) < 4.78 is 0. The highest BCUT2D eigenvalue weighted by atomic mass is 15.1. The Hall–Kier alpha value is -0.590. The van der Waals surface area contributed by atoms with E-state index >= 15 is 0 Å². The zero-order valence-corrected chi connectivity index (χ0v) is 10.9. The first-order valence-electron chi connectivity index (χ1n) is 6.38. The molecule has 1 aliphatic carbocycles. The second kappa shape index (κ2) is 6.22. The summed E-state index contributed by atoms with van der Waals surface area (Å²) in [7, 11) is 4.06. The number of nitrogens with zero attached hydrogens (tertiary/aromatic N) is 2. The zero-order chi connectivity index (χ0) is 12.0. The Morgan fingerprint density at radius 3 is 2.62 bits per heavy atom. The van der Waals surface area contributed by atoms with Crippen molar-refractivity contribution < 1.29 is 0 Å². The maximum Gasteiger partial charge on any atom is 0.103 e. The third kappa shape index (κ3) is 4.11. The van der Waals surface area contributed by atoms with Gasteiger partial charge < -0.3 is 10.2 Å². The van der Waals surface area contributed by atoms with Gasteiger partial charge in [0.25, 0.3) is 0 Å². The van der Waals surface area contributed by atoms with Crippen LogP contribution in [0.3, 0.4) is 0 Å². The fourth-order valence-electron chi connectivity index (χ4n) is 2.15. The van der Waals surface area contributed by atoms with Crippen molar-refractivity contribution in [1.29, 1.82) is 5.26 Å². The van der Waals surface area contributed by atoms with E-state index < -0.39 is 0 Å². The Bertz CT molecular complexity index is 242. The van der Waals surface area contributed by atoms with Crippen LogP contribution < -0.4 is 5.32 Å². The molecule has 92 valence electrons. The van der Waals surface area contributed by atoms with Gasteiger partial charge in [-0.25, -0.2) is 0 Å². The molecule has 0 radical (unpaired) electrons. The summed E-state index contributed by atoms with van der Waals surface area (Å²) in [4.78, 5) is 2.41. The highest BCUT2D eigenvalue weighted by Gasteiger charge is 2.22. The normalized spacial score (nSPS) is 20.2. The molecule has 3 heteroatoms. The van der Waals surface area contributed by atoms with Crippen LogP contribution >= 0.6 is 0 Å². The van der Waals surface area contributed by atoms with E-state index in [2.05, 4.69) is 23.3 Å². The maximum absolute atomic E-state index is 9.02. The van der Waals surface area contributed by atoms with E-state index in [1.165, 1.54) is 25.8 Å². The molecule has 1 rings (SSSR count). The van der Waals surface area contributed by atoms with Crippen LogP contribution in [-0.4, -0.2) is 37.6 Å². The van der Waals surface area contributed by atoms with Crippen LogP contribution in [-0.2, 0) is 0 Å². The summed E-state index contributed by atoms with van der Waals surface area (Å²) in [5.41, 5.74) is -0.350. The van der Waals surface area contributed by atoms with Gasteiger partial charge in [0.15, 0.2) is 0 Å². The fourth-order valence-corrected chi connectivity index (χ4v) is 2.15. The van der Waals surface area contributed by atoms with Gasteiger partial charge in [-0.05, 0) is 59.2 Å². The van der Waals surface area contributed by atoms with Crippen LogP contribution in [0.1, 0.15) is 39.0 Å². The fraction of sp³-hybridized carbons (Fsp3) is 0.923. The van der Waals surface area contributed by atoms with Gasteiger partial charge in [0, 0.05) is 6.54 Å². The summed E-state index contributed by atoms with van der Waals surface area (Å²) in [5, 5.41) is 12.1. The first kappa shape index (κ1) is 13.5. The Morgan fingerprint density at radius 1 is 1.50 bits per heavy atom. The predicted molar refractivity (Wildman–Crippen MR) is 67.1 cm³/mol. The highest BCUT2D eigenvalue weighted by molar-refractivity contribution is 5.02. The van der Waals surface area contributed by atoms with Gasteiger partial charge in [-0.2, -0.15) is 5.26 Å². The Balaban J connectivity index is 2.11. The minimum atomic E-state index is -0.350. The van der Waals surface area contributed by atoms with E-state index in [0.717, 1.165) is 25.3 Å². The number of rotatable bonds is 7. The van der Waals surface area contributed by atoms with Crippen LogP contribution in [0.15, 0.2) is 0 Å². The Morgan fingerprint density at radius 2 is 2.19 bits per heavy atom. The van der Waals surface area contributed by atoms with Gasteiger partial charge in [0.05, 0.1) is 6.07 Å². The van der Waals surface area contributed by atoms with Crippen LogP contribution in [0.25, 0.3) is 0 Å². The molecule has 0 aromatic rings. The van der Waals surface area contributed by atoms with Gasteiger partial charge in [-0.3, -0.25) is 0 Å². The van der Waals surface area contributed by atoms with Gasteiger partial charge >= 0.3 is 0 Å². The van der Waals surface area contributed by atoms with E-state index in [0.29, 0.717) is 0 Å². The van der Waals surface area contributed by atoms with Crippen molar-refractivity contribution >= 4 is 0 Å². The summed E-state index contributed by atoms with van der Waals surface area (Å²) in [6.45, 7) is 4.32. The van der Waals surface area contributed by atoms with Crippen LogP contribution in [0.5, 0.6) is 0 Å². The molecule has 1 unspecified atom stereocenters. The lowest BCUT2D eigenvalue weighted by Gasteiger charge is -2.30. The summed E-state index contributed by atoms with van der Waals surface area (Å²) in [5.74, 6) is 0.941. The first-order valence-corrected chi connectivity index (χ1v) is 6.38. The summed E-state index contributed by atoms with van der Waals surface area (Å²) in [6.07, 6.45) is 6.27. The number of nitrogens with one attached hydrogen (secondary N) is 1. The molecule has 16 heavy (non-hydrogen) atoms. The molecule has 1 fully saturated rings. The van der Waals surface area contributed by atoms with E-state index in [1.54, 1.807) is 0 Å². The SMILES string of the molecule is CNC(C)(C#N)CCCN(C)CC1CCC1. The molecule has 0 spiro atoms. The molecule has 0 bridgehead atoms. The number of hydrogen-bond donors (Lipinski definition) is 1. The number of nitriles is 1. The Kier molecular flexibility index (Phi) is 5.24. The molecule has 1 N–H and O–H groups in total. The van der Waals surface area contributed by atoms with Crippen molar-refractivity contribution in [2.45, 2.75) is 44.6 Å². The lowest BCUT2D eigenvalue weighted by atomic mass is 9.85. The maximum atomic E-state index is 9.02. The van der Waals surface area contributed by atoms with Crippen LogP contribution in [0, 0.1) is 17.2 Å². The molecule has 0 heterocycles. The van der Waals surface area contributed by atoms with Gasteiger partial charge in [0.1, 0.15) is 5.54 Å². The minimum Gasteiger partial charge on any atom is -0.306 e. The van der Waals surface area contributed by atoms with Crippen molar-refractivity contribution in [1.82, 2.24) is 10.2 Å². The van der Waals surface area contributed by atoms with E-state index in [9.17, 15) is 0 Å². The van der Waals surface area contributed by atoms with Gasteiger partial charge in [-0.15, -0.1) is 0 Å². The lowest BCUT2D eigenvalue weighted by Crippen LogP contribution is -2.39. The monoisotopic (exact) mass is 223 g/mol. The van der Waals surface area contributed by atoms with Crippen molar-refractivity contribution in [3.05, 3.63) is 0 Å². The predicted octanol–water partition coefficient (Wildman–Crippen LogP) is 2.00. The van der Waals surface area contributed by atoms with E-state index in [4.69, 9.17) is 5.26 Å². The molecule has 1 aliphatic rings. The largest absolute Gasteiger partial charge is 0.306 e. The molecule has 0 saturated heterocycles. The standard InChI is InChI=1S/C13H25N3/c1-13(11-14,15-2)8-5-9-16(3)10-12-6-4-7-12/h12,15H,4-10H2,1-3H3. The van der Waals surface area contributed by atoms with Crippen molar-refractivity contribution in [2.75, 3.05) is 27.2 Å². The van der Waals surface area contributed by atoms with Crippen molar-refractivity contribution in [3.8, 4) is 6.07 Å². The average molecular weight is 223 g/mol. The van der Waals surface area contributed by atoms with E-state index in [-0.39, 0.29) is 5.54 Å². The summed E-state index contributed by atoms with van der Waals surface area (Å²) in [6, 6.07) is 2.34. The quantitative estimate of drug-likeness (QED) is 0.717. The third-order valence-corrected chi connectivity index (χ3v) is 3.81. The lowest BCUT2D eigenvalue weighted by molar-refractivity contribution is 0.200. The van der Waals surface area contributed by atoms with E-state index in [1.807, 2.05) is 14.0 Å². The third-order valence-electron chi connectivity index (χ3n) is 3.81. The minimum absolute atomic E-state index is 0.350. The highest BCUT2D eigenvalue weighted by Crippen LogP contribution is 2.26.